The molecule has 0 spiro atoms. The number of carboxylic acid groups (broad SMARTS) is 1. The number of imidazole rings is 1. The smallest absolute Gasteiger partial charge is 0.290 e. The van der Waals surface area contributed by atoms with Gasteiger partial charge in [0.25, 0.3) is 6.47 Å². The van der Waals surface area contributed by atoms with Crippen molar-refractivity contribution in [3.05, 3.63) is 78.1 Å². The summed E-state index contributed by atoms with van der Waals surface area (Å²) in [6.45, 7) is 6.32. The Morgan fingerprint density at radius 3 is 2.72 bits per heavy atom. The van der Waals surface area contributed by atoms with Crippen LogP contribution in [-0.4, -0.2) is 78.0 Å². The minimum absolute atomic E-state index is 0.0633. The zero-order valence-corrected chi connectivity index (χ0v) is 22.6. The SMILES string of the molecule is C=C(C)C(Cc1ccc2nc[nH]c2c1)NC(=O)C1CCC2CN(S(=O)Cc3ccccc3)CC(=O)N21.O=CO. The fraction of sp³-hybridized carbons (Fsp3) is 0.357. The third kappa shape index (κ3) is 6.79. The van der Waals surface area contributed by atoms with Crippen LogP contribution >= 0.6 is 0 Å². The third-order valence-corrected chi connectivity index (χ3v) is 8.51. The van der Waals surface area contributed by atoms with Gasteiger partial charge in [-0.05, 0) is 49.4 Å². The normalized spacial score (nSPS) is 20.4. The Morgan fingerprint density at radius 1 is 1.26 bits per heavy atom. The minimum Gasteiger partial charge on any atom is -0.483 e. The number of nitrogens with one attached hydrogen (secondary N) is 2. The maximum atomic E-state index is 13.3. The third-order valence-electron chi connectivity index (χ3n) is 7.08. The van der Waals surface area contributed by atoms with Crippen LogP contribution in [0, 0.1) is 0 Å². The molecule has 206 valence electrons. The number of amides is 2. The number of aromatic amines is 1. The van der Waals surface area contributed by atoms with Crippen molar-refractivity contribution in [2.75, 3.05) is 13.1 Å². The molecule has 3 aromatic rings. The maximum absolute atomic E-state index is 13.3. The number of piperazine rings is 1. The number of aromatic nitrogens is 2. The monoisotopic (exact) mass is 551 g/mol. The van der Waals surface area contributed by atoms with E-state index in [0.717, 1.165) is 34.2 Å². The first-order valence-electron chi connectivity index (χ1n) is 12.7. The number of rotatable bonds is 8. The summed E-state index contributed by atoms with van der Waals surface area (Å²) in [5.74, 6) is 0.0947. The fourth-order valence-corrected chi connectivity index (χ4v) is 6.41. The molecule has 4 unspecified atom stereocenters. The van der Waals surface area contributed by atoms with Crippen LogP contribution in [0.25, 0.3) is 11.0 Å². The Morgan fingerprint density at radius 2 is 2.00 bits per heavy atom. The van der Waals surface area contributed by atoms with Crippen molar-refractivity contribution in [2.45, 2.75) is 50.1 Å². The molecule has 2 aliphatic heterocycles. The lowest BCUT2D eigenvalue weighted by atomic mass is 10.00. The zero-order valence-electron chi connectivity index (χ0n) is 21.8. The highest BCUT2D eigenvalue weighted by Crippen LogP contribution is 2.30. The van der Waals surface area contributed by atoms with E-state index in [1.165, 1.54) is 0 Å². The van der Waals surface area contributed by atoms with E-state index >= 15 is 0 Å². The molecule has 4 atom stereocenters. The van der Waals surface area contributed by atoms with Gasteiger partial charge in [0, 0.05) is 12.6 Å². The summed E-state index contributed by atoms with van der Waals surface area (Å²) in [6.07, 6.45) is 3.59. The first-order chi connectivity index (χ1) is 18.8. The summed E-state index contributed by atoms with van der Waals surface area (Å²) in [5, 5.41) is 10.0. The highest BCUT2D eigenvalue weighted by molar-refractivity contribution is 7.81. The molecule has 3 heterocycles. The molecule has 2 aromatic carbocycles. The molecule has 11 heteroatoms. The molecule has 2 amide bonds. The predicted octanol–water partition coefficient (Wildman–Crippen LogP) is 2.41. The zero-order chi connectivity index (χ0) is 27.9. The van der Waals surface area contributed by atoms with Crippen LogP contribution in [-0.2, 0) is 37.5 Å². The van der Waals surface area contributed by atoms with E-state index in [0.29, 0.717) is 25.1 Å². The number of hydrogen-bond donors (Lipinski definition) is 3. The van der Waals surface area contributed by atoms with Crippen LogP contribution in [0.5, 0.6) is 0 Å². The maximum Gasteiger partial charge on any atom is 0.290 e. The van der Waals surface area contributed by atoms with Crippen LogP contribution in [0.15, 0.2) is 67.0 Å². The molecular weight excluding hydrogens is 518 g/mol. The second-order valence-corrected chi connectivity index (χ2v) is 11.2. The molecule has 39 heavy (non-hydrogen) atoms. The molecule has 2 aliphatic rings. The van der Waals surface area contributed by atoms with Gasteiger partial charge in [0.2, 0.25) is 11.8 Å². The van der Waals surface area contributed by atoms with Gasteiger partial charge in [-0.2, -0.15) is 0 Å². The summed E-state index contributed by atoms with van der Waals surface area (Å²) in [5.41, 5.74) is 4.75. The van der Waals surface area contributed by atoms with Gasteiger partial charge in [-0.3, -0.25) is 14.4 Å². The second kappa shape index (κ2) is 12.8. The number of hydrogen-bond acceptors (Lipinski definition) is 5. The molecule has 0 radical (unpaired) electrons. The van der Waals surface area contributed by atoms with E-state index in [1.807, 2.05) is 55.5 Å². The average Bonchev–Trinajstić information content (AvgIpc) is 3.56. The van der Waals surface area contributed by atoms with Gasteiger partial charge in [-0.25, -0.2) is 13.5 Å². The van der Waals surface area contributed by atoms with Crippen molar-refractivity contribution in [3.8, 4) is 0 Å². The number of benzene rings is 2. The molecule has 10 nitrogen and oxygen atoms in total. The highest BCUT2D eigenvalue weighted by atomic mass is 32.2. The molecule has 5 rings (SSSR count). The molecule has 2 fully saturated rings. The number of carbonyl (C=O) groups is 3. The lowest BCUT2D eigenvalue weighted by Gasteiger charge is -2.38. The first kappa shape index (κ1) is 28.2. The standard InChI is InChI=1S/C27H31N5O3S.CH2O2/c1-18(2)23(12-20-8-10-22-24(13-20)29-17-28-22)30-27(34)25-11-9-21-14-31(15-26(33)32(21)25)36(35)16-19-6-4-3-5-7-19;2-1-3/h3-8,10,13,17,21,23,25H,1,9,11-12,14-16H2,2H3,(H,28,29)(H,30,34);1H,(H,2,3). The van der Waals surface area contributed by atoms with Gasteiger partial charge >= 0.3 is 0 Å². The van der Waals surface area contributed by atoms with Crippen molar-refractivity contribution in [2.24, 2.45) is 0 Å². The minimum atomic E-state index is -1.29. The number of fused-ring (bicyclic) bond motifs is 2. The molecule has 3 N–H and O–H groups in total. The Balaban J connectivity index is 0.00000112. The molecule has 2 saturated heterocycles. The number of carbonyl (C=O) groups excluding carboxylic acids is 2. The lowest BCUT2D eigenvalue weighted by molar-refractivity contribution is -0.143. The first-order valence-corrected chi connectivity index (χ1v) is 14.0. The van der Waals surface area contributed by atoms with Gasteiger partial charge in [0.1, 0.15) is 6.04 Å². The van der Waals surface area contributed by atoms with Gasteiger partial charge in [0.05, 0.1) is 46.7 Å². The molecule has 0 bridgehead atoms. The lowest BCUT2D eigenvalue weighted by Crippen LogP contribution is -2.59. The predicted molar refractivity (Wildman–Crippen MR) is 149 cm³/mol. The van der Waals surface area contributed by atoms with Crippen molar-refractivity contribution in [3.63, 3.8) is 0 Å². The van der Waals surface area contributed by atoms with Crippen molar-refractivity contribution in [1.82, 2.24) is 24.5 Å². The van der Waals surface area contributed by atoms with E-state index < -0.39 is 17.0 Å². The van der Waals surface area contributed by atoms with Crippen molar-refractivity contribution >= 4 is 40.3 Å². The summed E-state index contributed by atoms with van der Waals surface area (Å²) in [4.78, 5) is 43.9. The van der Waals surface area contributed by atoms with Gasteiger partial charge in [-0.15, -0.1) is 0 Å². The number of nitrogens with zero attached hydrogens (tertiary/aromatic N) is 3. The molecule has 1 aromatic heterocycles. The second-order valence-electron chi connectivity index (χ2n) is 9.79. The molecular formula is C28H33N5O5S. The van der Waals surface area contributed by atoms with Crippen LogP contribution < -0.4 is 5.32 Å². The van der Waals surface area contributed by atoms with Gasteiger partial charge in [-0.1, -0.05) is 48.6 Å². The Hall–Kier alpha value is -3.83. The Kier molecular flexibility index (Phi) is 9.26. The van der Waals surface area contributed by atoms with Crippen LogP contribution in [0.4, 0.5) is 0 Å². The average molecular weight is 552 g/mol. The van der Waals surface area contributed by atoms with Crippen molar-refractivity contribution < 1.29 is 23.7 Å². The van der Waals surface area contributed by atoms with E-state index in [4.69, 9.17) is 9.90 Å². The highest BCUT2D eigenvalue weighted by Gasteiger charge is 2.45. The topological polar surface area (TPSA) is 136 Å². The van der Waals surface area contributed by atoms with Crippen molar-refractivity contribution in [1.29, 1.82) is 0 Å². The fourth-order valence-electron chi connectivity index (χ4n) is 5.15. The Bertz CT molecular complexity index is 1360. The Labute approximate surface area is 229 Å². The van der Waals surface area contributed by atoms with E-state index in [1.54, 1.807) is 15.5 Å². The summed E-state index contributed by atoms with van der Waals surface area (Å²) >= 11 is 0. The molecule has 0 saturated carbocycles. The van der Waals surface area contributed by atoms with Gasteiger partial charge in [0.15, 0.2) is 0 Å². The van der Waals surface area contributed by atoms with Crippen LogP contribution in [0.3, 0.4) is 0 Å². The quantitative estimate of drug-likeness (QED) is 0.291. The number of H-pyrrole nitrogens is 1. The van der Waals surface area contributed by atoms with E-state index in [-0.39, 0.29) is 36.9 Å². The molecule has 0 aliphatic carbocycles. The summed E-state index contributed by atoms with van der Waals surface area (Å²) < 4.78 is 14.7. The summed E-state index contributed by atoms with van der Waals surface area (Å²) in [6, 6.07) is 14.8. The largest absolute Gasteiger partial charge is 0.483 e. The van der Waals surface area contributed by atoms with Crippen LogP contribution in [0.1, 0.15) is 30.9 Å². The summed E-state index contributed by atoms with van der Waals surface area (Å²) in [7, 11) is -1.29. The van der Waals surface area contributed by atoms with Crippen LogP contribution in [0.2, 0.25) is 0 Å². The van der Waals surface area contributed by atoms with Gasteiger partial charge < -0.3 is 20.3 Å². The van der Waals surface area contributed by atoms with E-state index in [2.05, 4.69) is 21.9 Å². The van der Waals surface area contributed by atoms with E-state index in [9.17, 15) is 13.8 Å².